The van der Waals surface area contributed by atoms with Crippen molar-refractivity contribution in [3.8, 4) is 5.75 Å². The number of rotatable bonds is 5. The van der Waals surface area contributed by atoms with Gasteiger partial charge in [0, 0.05) is 43.2 Å². The van der Waals surface area contributed by atoms with Gasteiger partial charge in [0.25, 0.3) is 0 Å². The minimum atomic E-state index is 0.0301. The lowest BCUT2D eigenvalue weighted by Gasteiger charge is -2.41. The van der Waals surface area contributed by atoms with E-state index in [-0.39, 0.29) is 17.6 Å². The van der Waals surface area contributed by atoms with E-state index in [0.29, 0.717) is 6.04 Å². The highest BCUT2D eigenvalue weighted by atomic mass is 16.5. The van der Waals surface area contributed by atoms with Crippen molar-refractivity contribution in [1.29, 1.82) is 0 Å². The second-order valence-corrected chi connectivity index (χ2v) is 7.94. The first kappa shape index (κ1) is 16.4. The van der Waals surface area contributed by atoms with Crippen molar-refractivity contribution in [2.24, 2.45) is 5.41 Å². The van der Waals surface area contributed by atoms with Crippen molar-refractivity contribution >= 4 is 0 Å². The predicted molar refractivity (Wildman–Crippen MR) is 93.2 cm³/mol. The Labute approximate surface area is 144 Å². The minimum Gasteiger partial charge on any atom is -0.487 e. The van der Waals surface area contributed by atoms with E-state index in [4.69, 9.17) is 9.47 Å². The first-order valence-electron chi connectivity index (χ1n) is 9.44. The molecule has 2 atom stereocenters. The highest BCUT2D eigenvalue weighted by Gasteiger charge is 2.44. The molecule has 1 saturated heterocycles. The number of nitrogens with one attached hydrogen (secondary N) is 1. The lowest BCUT2D eigenvalue weighted by molar-refractivity contribution is 0.0331. The Morgan fingerprint density at radius 3 is 2.75 bits per heavy atom. The van der Waals surface area contributed by atoms with Gasteiger partial charge in [-0.25, -0.2) is 0 Å². The molecular formula is C20H29NO3. The molecule has 0 aromatic heterocycles. The summed E-state index contributed by atoms with van der Waals surface area (Å²) in [6, 6.07) is 8.82. The molecule has 3 aliphatic rings. The maximum absolute atomic E-state index is 9.45. The van der Waals surface area contributed by atoms with Crippen LogP contribution < -0.4 is 10.1 Å². The third kappa shape index (κ3) is 3.07. The smallest absolute Gasteiger partial charge is 0.124 e. The van der Waals surface area contributed by atoms with Crippen molar-refractivity contribution in [2.75, 3.05) is 26.4 Å². The van der Waals surface area contributed by atoms with E-state index in [1.807, 2.05) is 0 Å². The largest absolute Gasteiger partial charge is 0.487 e. The molecule has 4 nitrogen and oxygen atoms in total. The summed E-state index contributed by atoms with van der Waals surface area (Å²) in [5.74, 6) is 1.06. The van der Waals surface area contributed by atoms with Gasteiger partial charge in [0.1, 0.15) is 11.4 Å². The van der Waals surface area contributed by atoms with Crippen molar-refractivity contribution in [1.82, 2.24) is 5.32 Å². The van der Waals surface area contributed by atoms with Crippen molar-refractivity contribution in [3.05, 3.63) is 29.8 Å². The van der Waals surface area contributed by atoms with E-state index >= 15 is 0 Å². The average molecular weight is 331 g/mol. The molecular weight excluding hydrogens is 302 g/mol. The lowest BCUT2D eigenvalue weighted by Crippen LogP contribution is -2.45. The molecule has 1 spiro atoms. The van der Waals surface area contributed by atoms with Crippen molar-refractivity contribution in [3.63, 3.8) is 0 Å². The molecule has 1 aromatic rings. The maximum Gasteiger partial charge on any atom is 0.124 e. The van der Waals surface area contributed by atoms with E-state index in [1.54, 1.807) is 0 Å². The molecule has 4 rings (SSSR count). The van der Waals surface area contributed by atoms with Gasteiger partial charge in [0.05, 0.1) is 6.61 Å². The van der Waals surface area contributed by atoms with Crippen LogP contribution in [-0.2, 0) is 4.74 Å². The van der Waals surface area contributed by atoms with Crippen LogP contribution >= 0.6 is 0 Å². The summed E-state index contributed by atoms with van der Waals surface area (Å²) in [4.78, 5) is 0. The topological polar surface area (TPSA) is 50.7 Å². The highest BCUT2D eigenvalue weighted by molar-refractivity contribution is 5.39. The van der Waals surface area contributed by atoms with Gasteiger partial charge in [0.15, 0.2) is 0 Å². The standard InChI is InChI=1S/C20H29NO3/c22-11-9-19(10-12-23-15-19)14-21-17-13-20(7-3-4-8-20)24-18-6-2-1-5-16(17)18/h1-2,5-6,17,21-22H,3-4,7-15H2. The molecule has 132 valence electrons. The molecule has 2 N–H and O–H groups in total. The monoisotopic (exact) mass is 331 g/mol. The third-order valence-corrected chi connectivity index (χ3v) is 6.26. The van der Waals surface area contributed by atoms with Crippen LogP contribution in [0.2, 0.25) is 0 Å². The summed E-state index contributed by atoms with van der Waals surface area (Å²) >= 11 is 0. The zero-order chi connectivity index (χ0) is 16.5. The Balaban J connectivity index is 1.53. The third-order valence-electron chi connectivity index (χ3n) is 6.26. The first-order chi connectivity index (χ1) is 11.7. The van der Waals surface area contributed by atoms with Crippen LogP contribution in [-0.4, -0.2) is 37.1 Å². The Morgan fingerprint density at radius 1 is 1.17 bits per heavy atom. The number of para-hydroxylation sites is 1. The van der Waals surface area contributed by atoms with Gasteiger partial charge in [0.2, 0.25) is 0 Å². The van der Waals surface area contributed by atoms with E-state index < -0.39 is 0 Å². The fourth-order valence-corrected chi connectivity index (χ4v) is 4.78. The number of fused-ring (bicyclic) bond motifs is 1. The Morgan fingerprint density at radius 2 is 2.00 bits per heavy atom. The fraction of sp³-hybridized carbons (Fsp3) is 0.700. The van der Waals surface area contributed by atoms with Gasteiger partial charge in [-0.1, -0.05) is 18.2 Å². The van der Waals surface area contributed by atoms with E-state index in [2.05, 4.69) is 29.6 Å². The van der Waals surface area contributed by atoms with Gasteiger partial charge in [-0.2, -0.15) is 0 Å². The lowest BCUT2D eigenvalue weighted by atomic mass is 9.82. The van der Waals surface area contributed by atoms with E-state index in [9.17, 15) is 5.11 Å². The van der Waals surface area contributed by atoms with Gasteiger partial charge in [-0.3, -0.25) is 0 Å². The highest BCUT2D eigenvalue weighted by Crippen LogP contribution is 2.47. The van der Waals surface area contributed by atoms with Gasteiger partial charge in [-0.05, 0) is 44.6 Å². The number of aliphatic hydroxyl groups excluding tert-OH is 1. The van der Waals surface area contributed by atoms with Crippen LogP contribution in [0.3, 0.4) is 0 Å². The fourth-order valence-electron chi connectivity index (χ4n) is 4.78. The molecule has 0 bridgehead atoms. The number of hydrogen-bond donors (Lipinski definition) is 2. The predicted octanol–water partition coefficient (Wildman–Crippen LogP) is 3.20. The second kappa shape index (κ2) is 6.66. The molecule has 1 aliphatic carbocycles. The molecule has 4 heteroatoms. The summed E-state index contributed by atoms with van der Waals surface area (Å²) in [7, 11) is 0. The van der Waals surface area contributed by atoms with Crippen LogP contribution in [0.1, 0.15) is 56.6 Å². The van der Waals surface area contributed by atoms with E-state index in [1.165, 1.54) is 31.2 Å². The molecule has 2 heterocycles. The summed E-state index contributed by atoms with van der Waals surface area (Å²) < 4.78 is 12.1. The van der Waals surface area contributed by atoms with Crippen molar-refractivity contribution in [2.45, 2.75) is 56.6 Å². The Kier molecular flexibility index (Phi) is 4.54. The quantitative estimate of drug-likeness (QED) is 0.870. The van der Waals surface area contributed by atoms with Crippen LogP contribution in [0, 0.1) is 5.41 Å². The first-order valence-corrected chi connectivity index (χ1v) is 9.44. The summed E-state index contributed by atoms with van der Waals surface area (Å²) in [6.45, 7) is 2.72. The zero-order valence-corrected chi connectivity index (χ0v) is 14.4. The van der Waals surface area contributed by atoms with Crippen LogP contribution in [0.4, 0.5) is 0 Å². The number of aliphatic hydroxyl groups is 1. The molecule has 2 fully saturated rings. The van der Waals surface area contributed by atoms with Gasteiger partial charge in [-0.15, -0.1) is 0 Å². The summed E-state index contributed by atoms with van der Waals surface area (Å²) in [6.07, 6.45) is 7.80. The Bertz CT molecular complexity index is 562. The number of benzene rings is 1. The van der Waals surface area contributed by atoms with Crippen molar-refractivity contribution < 1.29 is 14.6 Å². The summed E-state index contributed by atoms with van der Waals surface area (Å²) in [5.41, 5.74) is 1.40. The van der Waals surface area contributed by atoms with Gasteiger partial charge >= 0.3 is 0 Å². The minimum absolute atomic E-state index is 0.0301. The van der Waals surface area contributed by atoms with Crippen LogP contribution in [0.25, 0.3) is 0 Å². The number of hydrogen-bond acceptors (Lipinski definition) is 4. The molecule has 2 unspecified atom stereocenters. The maximum atomic E-state index is 9.45. The van der Waals surface area contributed by atoms with Crippen LogP contribution in [0.15, 0.2) is 24.3 Å². The molecule has 2 aliphatic heterocycles. The number of ether oxygens (including phenoxy) is 2. The molecule has 0 amide bonds. The average Bonchev–Trinajstić information content (AvgIpc) is 3.24. The molecule has 1 aromatic carbocycles. The van der Waals surface area contributed by atoms with E-state index in [0.717, 1.165) is 44.8 Å². The zero-order valence-electron chi connectivity index (χ0n) is 14.4. The Hall–Kier alpha value is -1.10. The molecule has 1 saturated carbocycles. The van der Waals surface area contributed by atoms with Crippen LogP contribution in [0.5, 0.6) is 5.75 Å². The SMILES string of the molecule is OCCC1(CNC2CC3(CCCC3)Oc3ccccc32)CCOC1. The molecule has 0 radical (unpaired) electrons. The van der Waals surface area contributed by atoms with Gasteiger partial charge < -0.3 is 19.9 Å². The normalized spacial score (nSPS) is 31.1. The second-order valence-electron chi connectivity index (χ2n) is 7.94. The summed E-state index contributed by atoms with van der Waals surface area (Å²) in [5, 5.41) is 13.3. The molecule has 24 heavy (non-hydrogen) atoms.